The smallest absolute Gasteiger partial charge is 0.0558 e. The van der Waals surface area contributed by atoms with Gasteiger partial charge in [0.15, 0.2) is 0 Å². The lowest BCUT2D eigenvalue weighted by atomic mass is 10.1. The van der Waals surface area contributed by atoms with Crippen LogP contribution in [0.25, 0.3) is 0 Å². The molecule has 102 valence electrons. The van der Waals surface area contributed by atoms with Crippen LogP contribution in [0.1, 0.15) is 11.6 Å². The standard InChI is InChI=1S/C12H23N5O/c1-15-10-11(9-14-15)12(8-13)17-4-2-16(3-5-17)6-7-18/h9-10,12,18H,2-8,13H2,1H3. The molecule has 6 heteroatoms. The summed E-state index contributed by atoms with van der Waals surface area (Å²) < 4.78 is 1.82. The van der Waals surface area contributed by atoms with E-state index in [2.05, 4.69) is 14.9 Å². The van der Waals surface area contributed by atoms with Gasteiger partial charge in [-0.05, 0) is 0 Å². The average molecular weight is 253 g/mol. The second-order valence-electron chi connectivity index (χ2n) is 4.80. The molecular formula is C12H23N5O. The van der Waals surface area contributed by atoms with Gasteiger partial charge < -0.3 is 10.8 Å². The first-order valence-electron chi connectivity index (χ1n) is 6.50. The van der Waals surface area contributed by atoms with Crippen LogP contribution in [0.2, 0.25) is 0 Å². The number of hydrogen-bond acceptors (Lipinski definition) is 5. The Bertz CT molecular complexity index is 359. The number of rotatable bonds is 5. The van der Waals surface area contributed by atoms with E-state index in [1.165, 1.54) is 5.56 Å². The third-order valence-corrected chi connectivity index (χ3v) is 3.60. The minimum absolute atomic E-state index is 0.239. The van der Waals surface area contributed by atoms with E-state index in [9.17, 15) is 0 Å². The van der Waals surface area contributed by atoms with Gasteiger partial charge in [0.2, 0.25) is 0 Å². The molecule has 18 heavy (non-hydrogen) atoms. The average Bonchev–Trinajstić information content (AvgIpc) is 2.79. The molecule has 1 atom stereocenters. The number of nitrogens with two attached hydrogens (primary N) is 1. The first-order valence-corrected chi connectivity index (χ1v) is 6.50. The Morgan fingerprint density at radius 2 is 2.11 bits per heavy atom. The molecule has 1 saturated heterocycles. The predicted octanol–water partition coefficient (Wildman–Crippen LogP) is -0.970. The van der Waals surface area contributed by atoms with E-state index in [0.717, 1.165) is 32.7 Å². The normalized spacial score (nSPS) is 20.2. The monoisotopic (exact) mass is 253 g/mol. The van der Waals surface area contributed by atoms with Crippen molar-refractivity contribution in [3.8, 4) is 0 Å². The molecule has 3 N–H and O–H groups in total. The number of hydrogen-bond donors (Lipinski definition) is 2. The summed E-state index contributed by atoms with van der Waals surface area (Å²) >= 11 is 0. The molecule has 0 saturated carbocycles. The number of aromatic nitrogens is 2. The summed E-state index contributed by atoms with van der Waals surface area (Å²) in [5, 5.41) is 13.1. The van der Waals surface area contributed by atoms with Gasteiger partial charge in [-0.1, -0.05) is 0 Å². The molecule has 1 aliphatic rings. The number of nitrogens with zero attached hydrogens (tertiary/aromatic N) is 4. The summed E-state index contributed by atoms with van der Waals surface area (Å²) in [4.78, 5) is 4.69. The Labute approximate surface area is 108 Å². The van der Waals surface area contributed by atoms with Gasteiger partial charge in [-0.15, -0.1) is 0 Å². The highest BCUT2D eigenvalue weighted by atomic mass is 16.3. The van der Waals surface area contributed by atoms with Crippen LogP contribution in [0, 0.1) is 0 Å². The van der Waals surface area contributed by atoms with Crippen molar-refractivity contribution in [3.63, 3.8) is 0 Å². The minimum atomic E-state index is 0.239. The first kappa shape index (κ1) is 13.5. The van der Waals surface area contributed by atoms with Crippen LogP contribution in [0.5, 0.6) is 0 Å². The zero-order valence-corrected chi connectivity index (χ0v) is 11.0. The van der Waals surface area contributed by atoms with Crippen molar-refractivity contribution in [2.45, 2.75) is 6.04 Å². The van der Waals surface area contributed by atoms with Gasteiger partial charge in [0.25, 0.3) is 0 Å². The van der Waals surface area contributed by atoms with Gasteiger partial charge in [0.1, 0.15) is 0 Å². The molecular weight excluding hydrogens is 230 g/mol. The SMILES string of the molecule is Cn1cc(C(CN)N2CCN(CCO)CC2)cn1. The third kappa shape index (κ3) is 3.08. The maximum absolute atomic E-state index is 8.93. The van der Waals surface area contributed by atoms with Gasteiger partial charge in [0.05, 0.1) is 18.8 Å². The van der Waals surface area contributed by atoms with Crippen LogP contribution in [-0.4, -0.2) is 70.6 Å². The lowest BCUT2D eigenvalue weighted by Crippen LogP contribution is -2.49. The van der Waals surface area contributed by atoms with E-state index in [4.69, 9.17) is 10.8 Å². The molecule has 1 aromatic heterocycles. The van der Waals surface area contributed by atoms with Crippen molar-refractivity contribution < 1.29 is 5.11 Å². The number of piperazine rings is 1. The summed E-state index contributed by atoms with van der Waals surface area (Å²) in [5.41, 5.74) is 7.10. The molecule has 1 fully saturated rings. The number of aliphatic hydroxyl groups excluding tert-OH is 1. The quantitative estimate of drug-likeness (QED) is 0.706. The van der Waals surface area contributed by atoms with E-state index in [0.29, 0.717) is 6.54 Å². The molecule has 2 heterocycles. The van der Waals surface area contributed by atoms with Gasteiger partial charge in [-0.2, -0.15) is 5.10 Å². The lowest BCUT2D eigenvalue weighted by molar-refractivity contribution is 0.0857. The molecule has 1 unspecified atom stereocenters. The van der Waals surface area contributed by atoms with Gasteiger partial charge >= 0.3 is 0 Å². The summed E-state index contributed by atoms with van der Waals surface area (Å²) in [5.74, 6) is 0. The Balaban J connectivity index is 1.94. The molecule has 0 aromatic carbocycles. The van der Waals surface area contributed by atoms with Crippen molar-refractivity contribution in [1.29, 1.82) is 0 Å². The van der Waals surface area contributed by atoms with Crippen LogP contribution < -0.4 is 5.73 Å². The maximum atomic E-state index is 8.93. The second kappa shape index (κ2) is 6.29. The highest BCUT2D eigenvalue weighted by Gasteiger charge is 2.24. The second-order valence-corrected chi connectivity index (χ2v) is 4.80. The van der Waals surface area contributed by atoms with Crippen LogP contribution in [0.4, 0.5) is 0 Å². The predicted molar refractivity (Wildman–Crippen MR) is 70.1 cm³/mol. The molecule has 6 nitrogen and oxygen atoms in total. The summed E-state index contributed by atoms with van der Waals surface area (Å²) in [6.07, 6.45) is 3.94. The maximum Gasteiger partial charge on any atom is 0.0558 e. The molecule has 0 bridgehead atoms. The third-order valence-electron chi connectivity index (χ3n) is 3.60. The van der Waals surface area contributed by atoms with Crippen molar-refractivity contribution in [1.82, 2.24) is 19.6 Å². The van der Waals surface area contributed by atoms with Crippen molar-refractivity contribution in [2.24, 2.45) is 12.8 Å². The van der Waals surface area contributed by atoms with Crippen LogP contribution >= 0.6 is 0 Å². The van der Waals surface area contributed by atoms with Crippen LogP contribution in [-0.2, 0) is 7.05 Å². The van der Waals surface area contributed by atoms with E-state index < -0.39 is 0 Å². The Morgan fingerprint density at radius 1 is 1.39 bits per heavy atom. The Hall–Kier alpha value is -0.950. The van der Waals surface area contributed by atoms with E-state index in [1.807, 2.05) is 24.1 Å². The van der Waals surface area contributed by atoms with Crippen molar-refractivity contribution in [2.75, 3.05) is 45.9 Å². The van der Waals surface area contributed by atoms with Crippen molar-refractivity contribution in [3.05, 3.63) is 18.0 Å². The molecule has 0 amide bonds. The molecule has 0 aliphatic carbocycles. The highest BCUT2D eigenvalue weighted by molar-refractivity contribution is 5.11. The lowest BCUT2D eigenvalue weighted by Gasteiger charge is -2.38. The fourth-order valence-electron chi connectivity index (χ4n) is 2.55. The zero-order valence-electron chi connectivity index (χ0n) is 11.0. The van der Waals surface area contributed by atoms with E-state index in [-0.39, 0.29) is 12.6 Å². The van der Waals surface area contributed by atoms with E-state index in [1.54, 1.807) is 0 Å². The minimum Gasteiger partial charge on any atom is -0.395 e. The Kier molecular flexibility index (Phi) is 4.71. The number of aliphatic hydroxyl groups is 1. The van der Waals surface area contributed by atoms with Crippen LogP contribution in [0.15, 0.2) is 12.4 Å². The van der Waals surface area contributed by atoms with Gasteiger partial charge in [0, 0.05) is 58.1 Å². The Morgan fingerprint density at radius 3 is 2.61 bits per heavy atom. The molecule has 1 aromatic rings. The summed E-state index contributed by atoms with van der Waals surface area (Å²) in [7, 11) is 1.93. The highest BCUT2D eigenvalue weighted by Crippen LogP contribution is 2.20. The first-order chi connectivity index (χ1) is 8.74. The van der Waals surface area contributed by atoms with Crippen LogP contribution in [0.3, 0.4) is 0 Å². The largest absolute Gasteiger partial charge is 0.395 e. The fourth-order valence-corrected chi connectivity index (χ4v) is 2.55. The number of β-amino-alcohol motifs (C(OH)–C–C–N with tert-alkyl or cyclic N) is 1. The van der Waals surface area contributed by atoms with Crippen molar-refractivity contribution >= 4 is 0 Å². The fraction of sp³-hybridized carbons (Fsp3) is 0.750. The zero-order chi connectivity index (χ0) is 13.0. The molecule has 2 rings (SSSR count). The summed E-state index contributed by atoms with van der Waals surface area (Å²) in [6, 6.07) is 0.259. The van der Waals surface area contributed by atoms with E-state index >= 15 is 0 Å². The van der Waals surface area contributed by atoms with Gasteiger partial charge in [-0.3, -0.25) is 14.5 Å². The summed E-state index contributed by atoms with van der Waals surface area (Å²) in [6.45, 7) is 5.62. The molecule has 1 aliphatic heterocycles. The number of aryl methyl sites for hydroxylation is 1. The molecule has 0 spiro atoms. The van der Waals surface area contributed by atoms with Gasteiger partial charge in [-0.25, -0.2) is 0 Å². The molecule has 0 radical (unpaired) electrons. The topological polar surface area (TPSA) is 70.5 Å².